The summed E-state index contributed by atoms with van der Waals surface area (Å²) >= 11 is 3.28. The van der Waals surface area contributed by atoms with E-state index in [4.69, 9.17) is 4.74 Å². The van der Waals surface area contributed by atoms with Crippen molar-refractivity contribution >= 4 is 27.4 Å². The highest BCUT2D eigenvalue weighted by Crippen LogP contribution is 2.35. The van der Waals surface area contributed by atoms with Gasteiger partial charge in [-0.15, -0.1) is 0 Å². The van der Waals surface area contributed by atoms with Gasteiger partial charge < -0.3 is 10.1 Å². The zero-order valence-corrected chi connectivity index (χ0v) is 11.4. The molecule has 0 spiro atoms. The van der Waals surface area contributed by atoms with Gasteiger partial charge in [-0.25, -0.2) is 9.97 Å². The van der Waals surface area contributed by atoms with Crippen molar-refractivity contribution in [3.63, 3.8) is 0 Å². The molecule has 1 N–H and O–H groups in total. The van der Waals surface area contributed by atoms with Crippen LogP contribution in [0.2, 0.25) is 0 Å². The molecule has 1 aromatic heterocycles. The minimum atomic E-state index is -0.511. The highest BCUT2D eigenvalue weighted by atomic mass is 79.9. The Balaban J connectivity index is 2.39. The van der Waals surface area contributed by atoms with Crippen LogP contribution in [0.15, 0.2) is 35.1 Å². The third kappa shape index (κ3) is 2.79. The van der Waals surface area contributed by atoms with Crippen LogP contribution in [-0.2, 0) is 0 Å². The Morgan fingerprint density at radius 1 is 1.37 bits per heavy atom. The normalized spacial score (nSPS) is 10.0. The highest BCUT2D eigenvalue weighted by Gasteiger charge is 2.17. The van der Waals surface area contributed by atoms with Crippen LogP contribution in [0.4, 0.5) is 11.5 Å². The van der Waals surface area contributed by atoms with Crippen LogP contribution in [0.5, 0.6) is 11.6 Å². The van der Waals surface area contributed by atoms with Crippen LogP contribution >= 0.6 is 15.9 Å². The van der Waals surface area contributed by atoms with E-state index in [2.05, 4.69) is 31.2 Å². The van der Waals surface area contributed by atoms with Gasteiger partial charge >= 0.3 is 5.69 Å². The number of halogens is 1. The van der Waals surface area contributed by atoms with Crippen molar-refractivity contribution in [2.75, 3.05) is 12.4 Å². The third-order valence-corrected chi connectivity index (χ3v) is 2.98. The first-order valence-electron chi connectivity index (χ1n) is 5.23. The van der Waals surface area contributed by atoms with Gasteiger partial charge in [-0.2, -0.15) is 0 Å². The van der Waals surface area contributed by atoms with Crippen molar-refractivity contribution in [1.82, 2.24) is 9.97 Å². The molecule has 0 amide bonds. The van der Waals surface area contributed by atoms with E-state index >= 15 is 0 Å². The SMILES string of the molecule is CNc1ncnc(Oc2ccccc2[N+](=O)[O-])c1Br. The number of nitrogens with zero attached hydrogens (tertiary/aromatic N) is 3. The van der Waals surface area contributed by atoms with Gasteiger partial charge in [0.15, 0.2) is 0 Å². The van der Waals surface area contributed by atoms with E-state index in [0.717, 1.165) is 0 Å². The van der Waals surface area contributed by atoms with Crippen LogP contribution < -0.4 is 10.1 Å². The second-order valence-corrected chi connectivity index (χ2v) is 4.21. The monoisotopic (exact) mass is 324 g/mol. The largest absolute Gasteiger partial charge is 0.430 e. The molecule has 0 atom stereocenters. The first-order chi connectivity index (χ1) is 9.13. The zero-order valence-electron chi connectivity index (χ0n) is 9.83. The molecule has 0 saturated carbocycles. The minimum Gasteiger partial charge on any atom is -0.430 e. The topological polar surface area (TPSA) is 90.2 Å². The number of nitro groups is 1. The zero-order chi connectivity index (χ0) is 13.8. The molecule has 19 heavy (non-hydrogen) atoms. The van der Waals surface area contributed by atoms with Crippen LogP contribution in [0.25, 0.3) is 0 Å². The predicted octanol–water partition coefficient (Wildman–Crippen LogP) is 2.98. The summed E-state index contributed by atoms with van der Waals surface area (Å²) in [6.45, 7) is 0. The molecule has 7 nitrogen and oxygen atoms in total. The molecule has 0 unspecified atom stereocenters. The summed E-state index contributed by atoms with van der Waals surface area (Å²) in [6, 6.07) is 6.09. The second kappa shape index (κ2) is 5.61. The molecule has 0 bridgehead atoms. The van der Waals surface area contributed by atoms with Crippen molar-refractivity contribution in [3.8, 4) is 11.6 Å². The number of nitrogens with one attached hydrogen (secondary N) is 1. The molecule has 2 rings (SSSR count). The Hall–Kier alpha value is -2.22. The first-order valence-corrected chi connectivity index (χ1v) is 6.02. The summed E-state index contributed by atoms with van der Waals surface area (Å²) in [6.07, 6.45) is 1.31. The molecule has 0 aliphatic rings. The average Bonchev–Trinajstić information content (AvgIpc) is 2.41. The van der Waals surface area contributed by atoms with Crippen LogP contribution in [0.3, 0.4) is 0 Å². The molecular formula is C11H9BrN4O3. The van der Waals surface area contributed by atoms with Crippen molar-refractivity contribution in [1.29, 1.82) is 0 Å². The molecule has 0 saturated heterocycles. The quantitative estimate of drug-likeness (QED) is 0.686. The predicted molar refractivity (Wildman–Crippen MR) is 72.4 cm³/mol. The summed E-state index contributed by atoms with van der Waals surface area (Å²) in [7, 11) is 1.70. The van der Waals surface area contributed by atoms with Crippen LogP contribution in [0.1, 0.15) is 0 Å². The smallest absolute Gasteiger partial charge is 0.311 e. The van der Waals surface area contributed by atoms with E-state index in [1.54, 1.807) is 19.2 Å². The Bertz CT molecular complexity index is 621. The molecule has 0 fully saturated rings. The van der Waals surface area contributed by atoms with E-state index in [-0.39, 0.29) is 17.3 Å². The summed E-state index contributed by atoms with van der Waals surface area (Å²) < 4.78 is 5.96. The first kappa shape index (κ1) is 13.2. The van der Waals surface area contributed by atoms with Gasteiger partial charge in [0.1, 0.15) is 16.6 Å². The lowest BCUT2D eigenvalue weighted by Crippen LogP contribution is -1.99. The fourth-order valence-electron chi connectivity index (χ4n) is 1.40. The number of nitro benzene ring substituents is 1. The van der Waals surface area contributed by atoms with Gasteiger partial charge in [0.05, 0.1) is 4.92 Å². The Labute approximate surface area is 116 Å². The summed E-state index contributed by atoms with van der Waals surface area (Å²) in [4.78, 5) is 18.3. The Morgan fingerprint density at radius 3 is 2.79 bits per heavy atom. The Kier molecular flexibility index (Phi) is 3.91. The molecule has 98 valence electrons. The minimum absolute atomic E-state index is 0.119. The summed E-state index contributed by atoms with van der Waals surface area (Å²) in [5.41, 5.74) is -0.126. The number of ether oxygens (including phenoxy) is 1. The standard InChI is InChI=1S/C11H9BrN4O3/c1-13-10-9(12)11(15-6-14-10)19-8-5-3-2-4-7(8)16(17)18/h2-6H,1H3,(H,13,14,15). The number of rotatable bonds is 4. The van der Waals surface area contributed by atoms with Crippen molar-refractivity contribution < 1.29 is 9.66 Å². The molecule has 1 aromatic carbocycles. The number of hydrogen-bond donors (Lipinski definition) is 1. The second-order valence-electron chi connectivity index (χ2n) is 3.42. The summed E-state index contributed by atoms with van der Waals surface area (Å²) in [5.74, 6) is 0.853. The number of hydrogen-bond acceptors (Lipinski definition) is 6. The van der Waals surface area contributed by atoms with Gasteiger partial charge in [-0.05, 0) is 22.0 Å². The lowest BCUT2D eigenvalue weighted by molar-refractivity contribution is -0.385. The summed E-state index contributed by atoms with van der Waals surface area (Å²) in [5, 5.41) is 13.7. The number of para-hydroxylation sites is 2. The number of anilines is 1. The van der Waals surface area contributed by atoms with Crippen molar-refractivity contribution in [3.05, 3.63) is 45.2 Å². The van der Waals surface area contributed by atoms with E-state index < -0.39 is 4.92 Å². The highest BCUT2D eigenvalue weighted by molar-refractivity contribution is 9.10. The molecular weight excluding hydrogens is 316 g/mol. The number of aromatic nitrogens is 2. The fraction of sp³-hybridized carbons (Fsp3) is 0.0909. The number of benzene rings is 1. The maximum absolute atomic E-state index is 10.9. The van der Waals surface area contributed by atoms with E-state index in [1.807, 2.05) is 0 Å². The van der Waals surface area contributed by atoms with Gasteiger partial charge in [0.2, 0.25) is 11.6 Å². The average molecular weight is 325 g/mol. The molecule has 0 aliphatic heterocycles. The lowest BCUT2D eigenvalue weighted by atomic mass is 10.3. The van der Waals surface area contributed by atoms with E-state index in [1.165, 1.54) is 18.5 Å². The lowest BCUT2D eigenvalue weighted by Gasteiger charge is -2.08. The van der Waals surface area contributed by atoms with Crippen molar-refractivity contribution in [2.45, 2.75) is 0 Å². The molecule has 2 aromatic rings. The van der Waals surface area contributed by atoms with Gasteiger partial charge in [-0.1, -0.05) is 12.1 Å². The Morgan fingerprint density at radius 2 is 2.11 bits per heavy atom. The fourth-order valence-corrected chi connectivity index (χ4v) is 1.88. The maximum Gasteiger partial charge on any atom is 0.311 e. The van der Waals surface area contributed by atoms with Crippen LogP contribution in [-0.4, -0.2) is 21.9 Å². The maximum atomic E-state index is 10.9. The van der Waals surface area contributed by atoms with Gasteiger partial charge in [-0.3, -0.25) is 10.1 Å². The van der Waals surface area contributed by atoms with Gasteiger partial charge in [0, 0.05) is 13.1 Å². The molecule has 8 heteroatoms. The van der Waals surface area contributed by atoms with Gasteiger partial charge in [0.25, 0.3) is 0 Å². The van der Waals surface area contributed by atoms with Crippen LogP contribution in [0, 0.1) is 10.1 Å². The van der Waals surface area contributed by atoms with E-state index in [9.17, 15) is 10.1 Å². The molecule has 1 heterocycles. The van der Waals surface area contributed by atoms with E-state index in [0.29, 0.717) is 10.3 Å². The molecule has 0 aliphatic carbocycles. The third-order valence-electron chi connectivity index (χ3n) is 2.26. The molecule has 0 radical (unpaired) electrons. The van der Waals surface area contributed by atoms with Crippen molar-refractivity contribution in [2.24, 2.45) is 0 Å².